The number of rotatable bonds is 2. The van der Waals surface area contributed by atoms with Gasteiger partial charge in [0, 0.05) is 12.0 Å². The Morgan fingerprint density at radius 1 is 1.50 bits per heavy atom. The van der Waals surface area contributed by atoms with Gasteiger partial charge >= 0.3 is 5.97 Å². The summed E-state index contributed by atoms with van der Waals surface area (Å²) in [5.41, 5.74) is -1.09. The maximum atomic E-state index is 11.5. The molecule has 0 spiro atoms. The average Bonchev–Trinajstić information content (AvgIpc) is 2.13. The summed E-state index contributed by atoms with van der Waals surface area (Å²) >= 11 is 6.09. The third kappa shape index (κ3) is 2.98. The van der Waals surface area contributed by atoms with E-state index < -0.39 is 22.5 Å². The zero-order chi connectivity index (χ0) is 12.6. The number of ether oxygens (including phenoxy) is 1. The molecule has 0 radical (unpaired) electrons. The van der Waals surface area contributed by atoms with Gasteiger partial charge in [-0.1, -0.05) is 6.58 Å². The van der Waals surface area contributed by atoms with Crippen molar-refractivity contribution in [2.75, 3.05) is 0 Å². The van der Waals surface area contributed by atoms with Crippen LogP contribution in [0.3, 0.4) is 0 Å². The van der Waals surface area contributed by atoms with E-state index in [1.165, 1.54) is 0 Å². The molecule has 1 fully saturated rings. The number of hydrogen-bond donors (Lipinski definition) is 1. The van der Waals surface area contributed by atoms with Crippen molar-refractivity contribution < 1.29 is 14.6 Å². The maximum Gasteiger partial charge on any atom is 0.333 e. The van der Waals surface area contributed by atoms with Gasteiger partial charge in [-0.25, -0.2) is 4.79 Å². The van der Waals surface area contributed by atoms with E-state index in [9.17, 15) is 9.90 Å². The molecule has 3 atom stereocenters. The summed E-state index contributed by atoms with van der Waals surface area (Å²) in [7, 11) is 0. The number of halogens is 1. The van der Waals surface area contributed by atoms with Gasteiger partial charge in [-0.05, 0) is 33.6 Å². The van der Waals surface area contributed by atoms with Crippen LogP contribution in [0.4, 0.5) is 0 Å². The van der Waals surface area contributed by atoms with E-state index in [-0.39, 0.29) is 0 Å². The van der Waals surface area contributed by atoms with Gasteiger partial charge in [-0.3, -0.25) is 0 Å². The van der Waals surface area contributed by atoms with Gasteiger partial charge < -0.3 is 9.84 Å². The minimum atomic E-state index is -0.878. The minimum Gasteiger partial charge on any atom is -0.456 e. The Balaban J connectivity index is 2.68. The highest BCUT2D eigenvalue weighted by Gasteiger charge is 2.45. The molecule has 3 nitrogen and oxygen atoms in total. The Hall–Kier alpha value is -0.540. The van der Waals surface area contributed by atoms with Gasteiger partial charge in [-0.15, -0.1) is 11.6 Å². The SMILES string of the molecule is C=C(C)C(=O)OC1(C)CCC(C)(O)C(Cl)C1. The molecule has 0 aromatic rings. The van der Waals surface area contributed by atoms with Gasteiger partial charge in [0.25, 0.3) is 0 Å². The molecule has 0 amide bonds. The van der Waals surface area contributed by atoms with Crippen LogP contribution in [0, 0.1) is 0 Å². The van der Waals surface area contributed by atoms with Crippen molar-refractivity contribution in [2.24, 2.45) is 0 Å². The quantitative estimate of drug-likeness (QED) is 0.462. The Kier molecular flexibility index (Phi) is 3.70. The Morgan fingerprint density at radius 2 is 2.06 bits per heavy atom. The lowest BCUT2D eigenvalue weighted by molar-refractivity contribution is -0.161. The molecular weight excluding hydrogens is 228 g/mol. The van der Waals surface area contributed by atoms with Crippen molar-refractivity contribution in [3.05, 3.63) is 12.2 Å². The standard InChI is InChI=1S/C12H19ClO3/c1-8(2)10(14)16-11(3)5-6-12(4,15)9(13)7-11/h9,15H,1,5-7H2,2-4H3. The summed E-state index contributed by atoms with van der Waals surface area (Å²) in [6.07, 6.45) is 1.60. The third-order valence-corrected chi connectivity index (χ3v) is 3.76. The fraction of sp³-hybridized carbons (Fsp3) is 0.750. The zero-order valence-electron chi connectivity index (χ0n) is 10.0. The molecule has 0 aliphatic heterocycles. The zero-order valence-corrected chi connectivity index (χ0v) is 10.8. The molecule has 0 bridgehead atoms. The number of alkyl halides is 1. The van der Waals surface area contributed by atoms with E-state index in [4.69, 9.17) is 16.3 Å². The molecule has 4 heteroatoms. The summed E-state index contributed by atoms with van der Waals surface area (Å²) in [6.45, 7) is 8.72. The lowest BCUT2D eigenvalue weighted by Gasteiger charge is -2.43. The minimum absolute atomic E-state index is 0.379. The predicted molar refractivity (Wildman–Crippen MR) is 63.4 cm³/mol. The van der Waals surface area contributed by atoms with Gasteiger partial charge in [0.05, 0.1) is 11.0 Å². The maximum absolute atomic E-state index is 11.5. The Labute approximate surface area is 101 Å². The summed E-state index contributed by atoms with van der Waals surface area (Å²) in [4.78, 5) is 11.5. The number of carbonyl (C=O) groups is 1. The molecule has 1 N–H and O–H groups in total. The lowest BCUT2D eigenvalue weighted by atomic mass is 9.77. The van der Waals surface area contributed by atoms with Crippen molar-refractivity contribution in [1.82, 2.24) is 0 Å². The normalized spacial score (nSPS) is 39.2. The number of aliphatic hydroxyl groups is 1. The summed E-state index contributed by atoms with van der Waals surface area (Å²) in [6, 6.07) is 0. The second-order valence-electron chi connectivity index (χ2n) is 5.15. The van der Waals surface area contributed by atoms with Crippen molar-refractivity contribution in [3.8, 4) is 0 Å². The van der Waals surface area contributed by atoms with E-state index in [0.717, 1.165) is 0 Å². The van der Waals surface area contributed by atoms with Crippen LogP contribution in [0.25, 0.3) is 0 Å². The Bertz CT molecular complexity index is 311. The van der Waals surface area contributed by atoms with Crippen LogP contribution in [0.1, 0.15) is 40.0 Å². The van der Waals surface area contributed by atoms with Crippen molar-refractivity contribution in [1.29, 1.82) is 0 Å². The van der Waals surface area contributed by atoms with E-state index in [1.54, 1.807) is 13.8 Å². The number of esters is 1. The van der Waals surface area contributed by atoms with Crippen LogP contribution in [-0.4, -0.2) is 27.7 Å². The molecule has 0 heterocycles. The molecule has 0 aromatic carbocycles. The van der Waals surface area contributed by atoms with Gasteiger partial charge in [0.15, 0.2) is 0 Å². The fourth-order valence-electron chi connectivity index (χ4n) is 1.78. The first kappa shape index (κ1) is 13.5. The molecule has 3 unspecified atom stereocenters. The lowest BCUT2D eigenvalue weighted by Crippen LogP contribution is -2.49. The fourth-order valence-corrected chi connectivity index (χ4v) is 2.21. The van der Waals surface area contributed by atoms with Crippen molar-refractivity contribution in [3.63, 3.8) is 0 Å². The van der Waals surface area contributed by atoms with Gasteiger partial charge in [0.2, 0.25) is 0 Å². The molecule has 92 valence electrons. The second-order valence-corrected chi connectivity index (χ2v) is 5.68. The van der Waals surface area contributed by atoms with Crippen LogP contribution in [0.15, 0.2) is 12.2 Å². The highest BCUT2D eigenvalue weighted by molar-refractivity contribution is 6.21. The highest BCUT2D eigenvalue weighted by Crippen LogP contribution is 2.40. The van der Waals surface area contributed by atoms with Gasteiger partial charge in [0.1, 0.15) is 5.60 Å². The molecule has 0 aromatic heterocycles. The first-order chi connectivity index (χ1) is 7.16. The van der Waals surface area contributed by atoms with Crippen LogP contribution in [0.2, 0.25) is 0 Å². The second kappa shape index (κ2) is 4.38. The van der Waals surface area contributed by atoms with Crippen LogP contribution < -0.4 is 0 Å². The molecule has 1 aliphatic carbocycles. The van der Waals surface area contributed by atoms with Crippen molar-refractivity contribution >= 4 is 17.6 Å². The topological polar surface area (TPSA) is 46.5 Å². The van der Waals surface area contributed by atoms with E-state index in [0.29, 0.717) is 24.8 Å². The molecule has 1 aliphatic rings. The van der Waals surface area contributed by atoms with E-state index >= 15 is 0 Å². The molecular formula is C12H19ClO3. The van der Waals surface area contributed by atoms with E-state index in [1.807, 2.05) is 6.92 Å². The molecule has 16 heavy (non-hydrogen) atoms. The smallest absolute Gasteiger partial charge is 0.333 e. The van der Waals surface area contributed by atoms with Crippen molar-refractivity contribution in [2.45, 2.75) is 56.6 Å². The molecule has 1 saturated carbocycles. The molecule has 0 saturated heterocycles. The van der Waals surface area contributed by atoms with Crippen LogP contribution >= 0.6 is 11.6 Å². The monoisotopic (exact) mass is 246 g/mol. The van der Waals surface area contributed by atoms with Crippen LogP contribution in [0.5, 0.6) is 0 Å². The summed E-state index contributed by atoms with van der Waals surface area (Å²) in [5, 5.41) is 9.53. The largest absolute Gasteiger partial charge is 0.456 e. The Morgan fingerprint density at radius 3 is 2.50 bits per heavy atom. The first-order valence-corrected chi connectivity index (χ1v) is 5.85. The molecule has 1 rings (SSSR count). The number of carbonyl (C=O) groups excluding carboxylic acids is 1. The van der Waals surface area contributed by atoms with E-state index in [2.05, 4.69) is 6.58 Å². The number of hydrogen-bond acceptors (Lipinski definition) is 3. The summed E-state index contributed by atoms with van der Waals surface area (Å²) < 4.78 is 5.37. The first-order valence-electron chi connectivity index (χ1n) is 5.42. The van der Waals surface area contributed by atoms with Gasteiger partial charge in [-0.2, -0.15) is 0 Å². The predicted octanol–water partition coefficient (Wildman–Crippen LogP) is 2.41. The third-order valence-electron chi connectivity index (χ3n) is 3.13. The van der Waals surface area contributed by atoms with Crippen LogP contribution in [-0.2, 0) is 9.53 Å². The summed E-state index contributed by atoms with van der Waals surface area (Å²) in [5.74, 6) is -0.395. The average molecular weight is 247 g/mol. The highest BCUT2D eigenvalue weighted by atomic mass is 35.5.